The third-order valence-electron chi connectivity index (χ3n) is 4.52. The van der Waals surface area contributed by atoms with Gasteiger partial charge in [-0.2, -0.15) is 0 Å². The van der Waals surface area contributed by atoms with E-state index < -0.39 is 0 Å². The zero-order valence-corrected chi connectivity index (χ0v) is 12.6. The molecule has 108 valence electrons. The lowest BCUT2D eigenvalue weighted by molar-refractivity contribution is 0.112. The highest BCUT2D eigenvalue weighted by Crippen LogP contribution is 2.19. The van der Waals surface area contributed by atoms with E-state index in [-0.39, 0.29) is 6.61 Å². The van der Waals surface area contributed by atoms with Crippen LogP contribution in [0.15, 0.2) is 0 Å². The molecule has 0 aromatic carbocycles. The fourth-order valence-electron chi connectivity index (χ4n) is 3.23. The van der Waals surface area contributed by atoms with Crippen LogP contribution < -0.4 is 0 Å². The molecule has 0 aromatic heterocycles. The minimum Gasteiger partial charge on any atom is -0.395 e. The highest BCUT2D eigenvalue weighted by Gasteiger charge is 2.21. The number of aliphatic hydroxyl groups excluding tert-OH is 1. The summed E-state index contributed by atoms with van der Waals surface area (Å²) < 4.78 is 0. The molecular weight excluding hydrogens is 224 g/mol. The summed E-state index contributed by atoms with van der Waals surface area (Å²) in [6, 6.07) is 1.40. The molecule has 0 saturated carbocycles. The maximum atomic E-state index is 9.21. The molecule has 1 fully saturated rings. The third-order valence-corrected chi connectivity index (χ3v) is 4.52. The van der Waals surface area contributed by atoms with Crippen LogP contribution in [-0.4, -0.2) is 60.3 Å². The number of piperidine rings is 1. The van der Waals surface area contributed by atoms with Gasteiger partial charge >= 0.3 is 0 Å². The first-order chi connectivity index (χ1) is 8.72. The molecular formula is C15H32N2O. The Balaban J connectivity index is 2.40. The van der Waals surface area contributed by atoms with Gasteiger partial charge in [0.25, 0.3) is 0 Å². The average molecular weight is 256 g/mol. The van der Waals surface area contributed by atoms with Crippen LogP contribution in [0.4, 0.5) is 0 Å². The van der Waals surface area contributed by atoms with Crippen LogP contribution >= 0.6 is 0 Å². The normalized spacial score (nSPS) is 22.0. The SMILES string of the molecule is CCC(CC)N(CCO)CCC1CCCCN1C. The van der Waals surface area contributed by atoms with Crippen molar-refractivity contribution < 1.29 is 5.11 Å². The molecule has 18 heavy (non-hydrogen) atoms. The van der Waals surface area contributed by atoms with Crippen LogP contribution in [0, 0.1) is 0 Å². The van der Waals surface area contributed by atoms with Gasteiger partial charge in [0.2, 0.25) is 0 Å². The Hall–Kier alpha value is -0.120. The molecule has 3 nitrogen and oxygen atoms in total. The number of hydrogen-bond donors (Lipinski definition) is 1. The molecule has 3 heteroatoms. The predicted octanol–water partition coefficient (Wildman–Crippen LogP) is 2.34. The van der Waals surface area contributed by atoms with Gasteiger partial charge in [0.1, 0.15) is 0 Å². The summed E-state index contributed by atoms with van der Waals surface area (Å²) in [5.74, 6) is 0. The molecule has 1 aliphatic heterocycles. The molecule has 0 aromatic rings. The molecule has 1 heterocycles. The molecule has 1 aliphatic rings. The van der Waals surface area contributed by atoms with Crippen molar-refractivity contribution in [2.75, 3.05) is 33.3 Å². The first kappa shape index (κ1) is 15.9. The number of rotatable bonds is 8. The second-order valence-corrected chi connectivity index (χ2v) is 5.65. The van der Waals surface area contributed by atoms with E-state index in [0.29, 0.717) is 6.04 Å². The van der Waals surface area contributed by atoms with Gasteiger partial charge in [0.05, 0.1) is 6.61 Å². The third kappa shape index (κ3) is 4.87. The van der Waals surface area contributed by atoms with Gasteiger partial charge in [-0.1, -0.05) is 20.3 Å². The van der Waals surface area contributed by atoms with Gasteiger partial charge in [0.15, 0.2) is 0 Å². The summed E-state index contributed by atoms with van der Waals surface area (Å²) in [6.07, 6.45) is 7.74. The quantitative estimate of drug-likeness (QED) is 0.722. The van der Waals surface area contributed by atoms with Crippen LogP contribution in [-0.2, 0) is 0 Å². The van der Waals surface area contributed by atoms with Crippen molar-refractivity contribution in [2.24, 2.45) is 0 Å². The molecule has 1 atom stereocenters. The molecule has 1 saturated heterocycles. The van der Waals surface area contributed by atoms with Crippen molar-refractivity contribution in [1.82, 2.24) is 9.80 Å². The lowest BCUT2D eigenvalue weighted by atomic mass is 9.99. The molecule has 0 radical (unpaired) electrons. The second kappa shape index (κ2) is 8.89. The van der Waals surface area contributed by atoms with E-state index >= 15 is 0 Å². The van der Waals surface area contributed by atoms with Crippen molar-refractivity contribution in [1.29, 1.82) is 0 Å². The summed E-state index contributed by atoms with van der Waals surface area (Å²) in [4.78, 5) is 5.01. The van der Waals surface area contributed by atoms with Crippen LogP contribution in [0.1, 0.15) is 52.4 Å². The van der Waals surface area contributed by atoms with Crippen molar-refractivity contribution >= 4 is 0 Å². The Bertz CT molecular complexity index is 207. The highest BCUT2D eigenvalue weighted by atomic mass is 16.3. The number of aliphatic hydroxyl groups is 1. The molecule has 1 unspecified atom stereocenters. The summed E-state index contributed by atoms with van der Waals surface area (Å²) in [6.45, 7) is 8.04. The van der Waals surface area contributed by atoms with Crippen LogP contribution in [0.5, 0.6) is 0 Å². The van der Waals surface area contributed by atoms with E-state index in [2.05, 4.69) is 30.7 Å². The Labute approximate surface area is 113 Å². The van der Waals surface area contributed by atoms with Crippen LogP contribution in [0.25, 0.3) is 0 Å². The zero-order valence-electron chi connectivity index (χ0n) is 12.6. The molecule has 0 spiro atoms. The van der Waals surface area contributed by atoms with E-state index in [0.717, 1.165) is 19.1 Å². The van der Waals surface area contributed by atoms with Crippen LogP contribution in [0.2, 0.25) is 0 Å². The van der Waals surface area contributed by atoms with E-state index in [4.69, 9.17) is 0 Å². The Morgan fingerprint density at radius 2 is 1.94 bits per heavy atom. The highest BCUT2D eigenvalue weighted by molar-refractivity contribution is 4.77. The van der Waals surface area contributed by atoms with Crippen molar-refractivity contribution in [3.63, 3.8) is 0 Å². The van der Waals surface area contributed by atoms with E-state index in [1.54, 1.807) is 0 Å². The van der Waals surface area contributed by atoms with Crippen molar-refractivity contribution in [2.45, 2.75) is 64.5 Å². The first-order valence-electron chi connectivity index (χ1n) is 7.78. The minimum absolute atomic E-state index is 0.289. The molecule has 0 bridgehead atoms. The van der Waals surface area contributed by atoms with E-state index in [9.17, 15) is 5.11 Å². The molecule has 1 N–H and O–H groups in total. The maximum absolute atomic E-state index is 9.21. The summed E-state index contributed by atoms with van der Waals surface area (Å²) in [5, 5.41) is 9.21. The van der Waals surface area contributed by atoms with Gasteiger partial charge in [-0.25, -0.2) is 0 Å². The monoisotopic (exact) mass is 256 g/mol. The Morgan fingerprint density at radius 1 is 1.22 bits per heavy atom. The van der Waals surface area contributed by atoms with Crippen molar-refractivity contribution in [3.8, 4) is 0 Å². The fraction of sp³-hybridized carbons (Fsp3) is 1.00. The second-order valence-electron chi connectivity index (χ2n) is 5.65. The lowest BCUT2D eigenvalue weighted by Crippen LogP contribution is -2.42. The van der Waals surface area contributed by atoms with Gasteiger partial charge in [-0.15, -0.1) is 0 Å². The fourth-order valence-corrected chi connectivity index (χ4v) is 3.23. The Morgan fingerprint density at radius 3 is 2.50 bits per heavy atom. The largest absolute Gasteiger partial charge is 0.395 e. The first-order valence-corrected chi connectivity index (χ1v) is 7.78. The summed E-state index contributed by atoms with van der Waals surface area (Å²) in [7, 11) is 2.26. The molecule has 0 aliphatic carbocycles. The summed E-state index contributed by atoms with van der Waals surface area (Å²) in [5.41, 5.74) is 0. The molecule has 1 rings (SSSR count). The van der Waals surface area contributed by atoms with E-state index in [1.165, 1.54) is 45.1 Å². The number of nitrogens with zero attached hydrogens (tertiary/aromatic N) is 2. The van der Waals surface area contributed by atoms with Gasteiger partial charge < -0.3 is 10.0 Å². The zero-order chi connectivity index (χ0) is 13.4. The van der Waals surface area contributed by atoms with Crippen LogP contribution in [0.3, 0.4) is 0 Å². The standard InChI is InChI=1S/C15H32N2O/c1-4-14(5-2)17(12-13-18)11-9-15-8-6-7-10-16(15)3/h14-15,18H,4-13H2,1-3H3. The topological polar surface area (TPSA) is 26.7 Å². The van der Waals surface area contributed by atoms with Crippen molar-refractivity contribution in [3.05, 3.63) is 0 Å². The van der Waals surface area contributed by atoms with Gasteiger partial charge in [-0.05, 0) is 45.7 Å². The minimum atomic E-state index is 0.289. The predicted molar refractivity (Wildman–Crippen MR) is 77.9 cm³/mol. The number of hydrogen-bond acceptors (Lipinski definition) is 3. The van der Waals surface area contributed by atoms with Gasteiger partial charge in [-0.3, -0.25) is 4.90 Å². The van der Waals surface area contributed by atoms with Gasteiger partial charge in [0, 0.05) is 25.2 Å². The summed E-state index contributed by atoms with van der Waals surface area (Å²) >= 11 is 0. The Kier molecular flexibility index (Phi) is 7.87. The van der Waals surface area contributed by atoms with E-state index in [1.807, 2.05) is 0 Å². The molecule has 0 amide bonds. The number of likely N-dealkylation sites (tertiary alicyclic amines) is 1. The average Bonchev–Trinajstić information content (AvgIpc) is 2.39. The maximum Gasteiger partial charge on any atom is 0.0558 e. The lowest BCUT2D eigenvalue weighted by Gasteiger charge is -2.36. The smallest absolute Gasteiger partial charge is 0.0558 e.